The topological polar surface area (TPSA) is 95.2 Å². The third-order valence-electron chi connectivity index (χ3n) is 2.72. The number of halogens is 1. The second kappa shape index (κ2) is 6.35. The third kappa shape index (κ3) is 3.55. The average molecular weight is 286 g/mol. The molecule has 0 spiro atoms. The van der Waals surface area contributed by atoms with Gasteiger partial charge in [0.2, 0.25) is 5.91 Å². The van der Waals surface area contributed by atoms with Gasteiger partial charge < -0.3 is 21.3 Å². The van der Waals surface area contributed by atoms with E-state index in [1.807, 2.05) is 0 Å². The van der Waals surface area contributed by atoms with Crippen LogP contribution < -0.4 is 21.3 Å². The number of nitrogens with zero attached hydrogens (tertiary/aromatic N) is 1. The van der Waals surface area contributed by atoms with Gasteiger partial charge in [0.15, 0.2) is 0 Å². The van der Waals surface area contributed by atoms with Gasteiger partial charge >= 0.3 is 6.03 Å². The van der Waals surface area contributed by atoms with E-state index in [0.717, 1.165) is 0 Å². The SMILES string of the molecule is CN[C@@H](C)C(=O)Nc1ccc2c(n1)CNC(=O)N2.Cl. The van der Waals surface area contributed by atoms with Crippen LogP contribution in [-0.4, -0.2) is 30.0 Å². The standard InChI is InChI=1S/C11H15N5O2.ClH/c1-6(12-2)10(17)16-9-4-3-7-8(14-9)5-13-11(18)15-7;/h3-4,6,12H,5H2,1-2H3,(H2,13,15,18)(H,14,16,17);1H/t6-;/m0./s1. The zero-order valence-corrected chi connectivity index (χ0v) is 11.4. The van der Waals surface area contributed by atoms with Crippen LogP contribution in [0.4, 0.5) is 16.3 Å². The van der Waals surface area contributed by atoms with Crippen molar-refractivity contribution < 1.29 is 9.59 Å². The van der Waals surface area contributed by atoms with Crippen molar-refractivity contribution in [2.45, 2.75) is 19.5 Å². The highest BCUT2D eigenvalue weighted by Crippen LogP contribution is 2.19. The number of nitrogens with one attached hydrogen (secondary N) is 4. The van der Waals surface area contributed by atoms with E-state index in [2.05, 4.69) is 26.3 Å². The summed E-state index contributed by atoms with van der Waals surface area (Å²) in [5.41, 5.74) is 1.36. The Kier molecular flexibility index (Phi) is 5.08. The van der Waals surface area contributed by atoms with Crippen LogP contribution in [0.1, 0.15) is 12.6 Å². The molecule has 1 aliphatic rings. The summed E-state index contributed by atoms with van der Waals surface area (Å²) in [6, 6.07) is 2.84. The molecule has 7 nitrogen and oxygen atoms in total. The summed E-state index contributed by atoms with van der Waals surface area (Å²) in [6.45, 7) is 2.11. The summed E-state index contributed by atoms with van der Waals surface area (Å²) >= 11 is 0. The molecule has 0 aromatic carbocycles. The fourth-order valence-electron chi connectivity index (χ4n) is 1.52. The summed E-state index contributed by atoms with van der Waals surface area (Å²) in [7, 11) is 1.71. The summed E-state index contributed by atoms with van der Waals surface area (Å²) in [5.74, 6) is 0.316. The van der Waals surface area contributed by atoms with Crippen LogP contribution in [0.5, 0.6) is 0 Å². The minimum absolute atomic E-state index is 0. The number of likely N-dealkylation sites (N-methyl/N-ethyl adjacent to an activating group) is 1. The Labute approximate surface area is 117 Å². The highest BCUT2D eigenvalue weighted by atomic mass is 35.5. The second-order valence-electron chi connectivity index (χ2n) is 4.00. The van der Waals surface area contributed by atoms with Crippen LogP contribution in [0.15, 0.2) is 12.1 Å². The van der Waals surface area contributed by atoms with Crippen molar-refractivity contribution in [3.05, 3.63) is 17.8 Å². The molecule has 1 aliphatic heterocycles. The number of hydrogen-bond acceptors (Lipinski definition) is 4. The average Bonchev–Trinajstić information content (AvgIpc) is 2.38. The highest BCUT2D eigenvalue weighted by molar-refractivity contribution is 5.95. The third-order valence-corrected chi connectivity index (χ3v) is 2.72. The molecule has 0 unspecified atom stereocenters. The lowest BCUT2D eigenvalue weighted by Gasteiger charge is -2.18. The molecule has 1 aromatic rings. The van der Waals surface area contributed by atoms with E-state index in [4.69, 9.17) is 0 Å². The normalized spacial score (nSPS) is 14.3. The molecule has 0 saturated carbocycles. The number of amides is 3. The second-order valence-corrected chi connectivity index (χ2v) is 4.00. The number of carbonyl (C=O) groups excluding carboxylic acids is 2. The van der Waals surface area contributed by atoms with Crippen molar-refractivity contribution in [1.82, 2.24) is 15.6 Å². The highest BCUT2D eigenvalue weighted by Gasteiger charge is 2.16. The van der Waals surface area contributed by atoms with E-state index in [1.165, 1.54) is 0 Å². The van der Waals surface area contributed by atoms with Gasteiger partial charge in [-0.1, -0.05) is 0 Å². The van der Waals surface area contributed by atoms with Crippen molar-refractivity contribution in [1.29, 1.82) is 0 Å². The Bertz CT molecular complexity index is 494. The van der Waals surface area contributed by atoms with Crippen LogP contribution in [-0.2, 0) is 11.3 Å². The van der Waals surface area contributed by atoms with Crippen molar-refractivity contribution in [2.75, 3.05) is 17.7 Å². The fraction of sp³-hybridized carbons (Fsp3) is 0.364. The van der Waals surface area contributed by atoms with Gasteiger partial charge in [0, 0.05) is 0 Å². The van der Waals surface area contributed by atoms with E-state index >= 15 is 0 Å². The molecule has 1 atom stereocenters. The molecule has 2 rings (SSSR count). The van der Waals surface area contributed by atoms with Gasteiger partial charge in [-0.05, 0) is 26.1 Å². The number of urea groups is 1. The first-order chi connectivity index (χ1) is 8.60. The van der Waals surface area contributed by atoms with Gasteiger partial charge in [-0.2, -0.15) is 0 Å². The molecule has 104 valence electrons. The van der Waals surface area contributed by atoms with Crippen LogP contribution in [0.2, 0.25) is 0 Å². The van der Waals surface area contributed by atoms with E-state index in [1.54, 1.807) is 26.1 Å². The van der Waals surface area contributed by atoms with Gasteiger partial charge in [-0.25, -0.2) is 9.78 Å². The van der Waals surface area contributed by atoms with Gasteiger partial charge in [0.25, 0.3) is 0 Å². The first-order valence-corrected chi connectivity index (χ1v) is 5.63. The maximum atomic E-state index is 11.7. The number of anilines is 2. The molecule has 4 N–H and O–H groups in total. The Hall–Kier alpha value is -1.86. The number of aromatic nitrogens is 1. The molecule has 0 saturated heterocycles. The Morgan fingerprint density at radius 2 is 2.21 bits per heavy atom. The number of rotatable bonds is 3. The lowest BCUT2D eigenvalue weighted by Crippen LogP contribution is -2.36. The molecule has 0 radical (unpaired) electrons. The zero-order chi connectivity index (χ0) is 13.1. The molecule has 19 heavy (non-hydrogen) atoms. The quantitative estimate of drug-likeness (QED) is 0.657. The van der Waals surface area contributed by atoms with Gasteiger partial charge in [-0.15, -0.1) is 12.4 Å². The smallest absolute Gasteiger partial charge is 0.319 e. The lowest BCUT2D eigenvalue weighted by atomic mass is 10.2. The van der Waals surface area contributed by atoms with Crippen LogP contribution in [0, 0.1) is 0 Å². The van der Waals surface area contributed by atoms with Crippen LogP contribution in [0.25, 0.3) is 0 Å². The Morgan fingerprint density at radius 1 is 1.47 bits per heavy atom. The van der Waals surface area contributed by atoms with E-state index in [-0.39, 0.29) is 30.4 Å². The van der Waals surface area contributed by atoms with E-state index < -0.39 is 0 Å². The van der Waals surface area contributed by atoms with Gasteiger partial charge in [-0.3, -0.25) is 4.79 Å². The molecular weight excluding hydrogens is 270 g/mol. The molecule has 8 heteroatoms. The predicted molar refractivity (Wildman–Crippen MR) is 74.5 cm³/mol. The summed E-state index contributed by atoms with van der Waals surface area (Å²) in [6.07, 6.45) is 0. The summed E-state index contributed by atoms with van der Waals surface area (Å²) in [5, 5.41) is 10.8. The predicted octanol–water partition coefficient (Wildman–Crippen LogP) is 0.685. The summed E-state index contributed by atoms with van der Waals surface area (Å²) < 4.78 is 0. The molecule has 0 fully saturated rings. The van der Waals surface area contributed by atoms with Gasteiger partial charge in [0.1, 0.15) is 5.82 Å². The molecule has 3 amide bonds. The number of hydrogen-bond donors (Lipinski definition) is 4. The van der Waals surface area contributed by atoms with Crippen LogP contribution >= 0.6 is 12.4 Å². The Balaban J connectivity index is 0.00000180. The van der Waals surface area contributed by atoms with Crippen molar-refractivity contribution in [3.63, 3.8) is 0 Å². The maximum absolute atomic E-state index is 11.7. The number of pyridine rings is 1. The fourth-order valence-corrected chi connectivity index (χ4v) is 1.52. The molecule has 0 bridgehead atoms. The zero-order valence-electron chi connectivity index (χ0n) is 10.6. The number of fused-ring (bicyclic) bond motifs is 1. The first-order valence-electron chi connectivity index (χ1n) is 5.63. The lowest BCUT2D eigenvalue weighted by molar-refractivity contribution is -0.117. The van der Waals surface area contributed by atoms with Crippen LogP contribution in [0.3, 0.4) is 0 Å². The molecule has 0 aliphatic carbocycles. The maximum Gasteiger partial charge on any atom is 0.319 e. The summed E-state index contributed by atoms with van der Waals surface area (Å²) in [4.78, 5) is 27.0. The van der Waals surface area contributed by atoms with Crippen molar-refractivity contribution >= 4 is 35.9 Å². The first kappa shape index (κ1) is 15.2. The molecular formula is C11H16ClN5O2. The monoisotopic (exact) mass is 285 g/mol. The minimum Gasteiger partial charge on any atom is -0.332 e. The number of carbonyl (C=O) groups is 2. The van der Waals surface area contributed by atoms with Crippen molar-refractivity contribution in [3.8, 4) is 0 Å². The van der Waals surface area contributed by atoms with E-state index in [9.17, 15) is 9.59 Å². The minimum atomic E-state index is -0.291. The molecule has 2 heterocycles. The molecule has 1 aromatic heterocycles. The van der Waals surface area contributed by atoms with E-state index in [0.29, 0.717) is 23.7 Å². The Morgan fingerprint density at radius 3 is 2.89 bits per heavy atom. The van der Waals surface area contributed by atoms with Crippen molar-refractivity contribution in [2.24, 2.45) is 0 Å². The van der Waals surface area contributed by atoms with Gasteiger partial charge in [0.05, 0.1) is 24.0 Å². The largest absolute Gasteiger partial charge is 0.332 e.